The first-order chi connectivity index (χ1) is 18.2. The number of aliphatic hydroxyl groups is 1. The summed E-state index contributed by atoms with van der Waals surface area (Å²) in [6, 6.07) is 11.6. The van der Waals surface area contributed by atoms with Crippen molar-refractivity contribution in [2.75, 3.05) is 12.4 Å². The van der Waals surface area contributed by atoms with Crippen LogP contribution in [0.2, 0.25) is 0 Å². The number of nitrogens with one attached hydrogen (secondary N) is 4. The number of aromatic amines is 1. The van der Waals surface area contributed by atoms with Gasteiger partial charge in [-0.3, -0.25) is 14.4 Å². The largest absolute Gasteiger partial charge is 0.480 e. The van der Waals surface area contributed by atoms with Crippen molar-refractivity contribution >= 4 is 47.2 Å². The van der Waals surface area contributed by atoms with Crippen molar-refractivity contribution in [3.63, 3.8) is 0 Å². The highest BCUT2D eigenvalue weighted by atomic mass is 32.1. The Labute approximate surface area is 224 Å². The molecular formula is C26H31N5O6S. The van der Waals surface area contributed by atoms with Gasteiger partial charge in [-0.1, -0.05) is 48.5 Å². The van der Waals surface area contributed by atoms with Crippen LogP contribution in [-0.2, 0) is 32.0 Å². The Bertz CT molecular complexity index is 1270. The van der Waals surface area contributed by atoms with Gasteiger partial charge in [0.1, 0.15) is 18.1 Å². The highest BCUT2D eigenvalue weighted by Gasteiger charge is 2.30. The van der Waals surface area contributed by atoms with Gasteiger partial charge < -0.3 is 36.9 Å². The fraction of sp³-hybridized carbons (Fsp3) is 0.308. The zero-order valence-electron chi connectivity index (χ0n) is 20.5. The third-order valence-corrected chi connectivity index (χ3v) is 6.35. The molecule has 0 saturated heterocycles. The van der Waals surface area contributed by atoms with Crippen LogP contribution in [-0.4, -0.2) is 75.4 Å². The molecule has 2 aromatic carbocycles. The number of aliphatic hydroxyl groups excluding tert-OH is 1. The van der Waals surface area contributed by atoms with E-state index in [2.05, 4.69) is 33.6 Å². The molecule has 38 heavy (non-hydrogen) atoms. The SMILES string of the molecule is NC(Cc1ccccc1)C(=O)NC(CO)C(=O)NC(Cc1c[nH]c2ccccc12)C(=O)NC(CS)C(=O)O. The monoisotopic (exact) mass is 541 g/mol. The first kappa shape index (κ1) is 28.7. The van der Waals surface area contributed by atoms with E-state index >= 15 is 0 Å². The van der Waals surface area contributed by atoms with E-state index in [1.54, 1.807) is 6.20 Å². The van der Waals surface area contributed by atoms with Gasteiger partial charge in [0, 0.05) is 29.3 Å². The first-order valence-electron chi connectivity index (χ1n) is 11.9. The van der Waals surface area contributed by atoms with E-state index in [9.17, 15) is 29.4 Å². The summed E-state index contributed by atoms with van der Waals surface area (Å²) < 4.78 is 0. The molecule has 4 atom stereocenters. The number of para-hydroxylation sites is 1. The van der Waals surface area contributed by atoms with Crippen LogP contribution in [0.3, 0.4) is 0 Å². The molecule has 3 aromatic rings. The van der Waals surface area contributed by atoms with Crippen molar-refractivity contribution < 1.29 is 29.4 Å². The van der Waals surface area contributed by atoms with Crippen molar-refractivity contribution in [3.8, 4) is 0 Å². The van der Waals surface area contributed by atoms with Gasteiger partial charge in [-0.15, -0.1) is 0 Å². The van der Waals surface area contributed by atoms with Gasteiger partial charge in [0.2, 0.25) is 17.7 Å². The van der Waals surface area contributed by atoms with Gasteiger partial charge in [-0.05, 0) is 23.6 Å². The number of H-pyrrole nitrogens is 1. The van der Waals surface area contributed by atoms with Gasteiger partial charge in [0.05, 0.1) is 12.6 Å². The van der Waals surface area contributed by atoms with Crippen molar-refractivity contribution in [2.24, 2.45) is 5.73 Å². The molecule has 0 radical (unpaired) electrons. The van der Waals surface area contributed by atoms with Crippen molar-refractivity contribution in [1.29, 1.82) is 0 Å². The van der Waals surface area contributed by atoms with Crippen molar-refractivity contribution in [1.82, 2.24) is 20.9 Å². The van der Waals surface area contributed by atoms with Crippen LogP contribution in [0.5, 0.6) is 0 Å². The number of nitrogens with two attached hydrogens (primary N) is 1. The molecular weight excluding hydrogens is 510 g/mol. The molecule has 0 aliphatic carbocycles. The average Bonchev–Trinajstić information content (AvgIpc) is 3.32. The van der Waals surface area contributed by atoms with Gasteiger partial charge >= 0.3 is 5.97 Å². The summed E-state index contributed by atoms with van der Waals surface area (Å²) in [5, 5.41) is 27.3. The Kier molecular flexibility index (Phi) is 10.3. The second kappa shape index (κ2) is 13.6. The second-order valence-corrected chi connectivity index (χ2v) is 9.11. The maximum absolute atomic E-state index is 13.1. The molecule has 0 aliphatic heterocycles. The summed E-state index contributed by atoms with van der Waals surface area (Å²) in [7, 11) is 0. The number of carbonyl (C=O) groups excluding carboxylic acids is 3. The van der Waals surface area contributed by atoms with Gasteiger partial charge in [0.25, 0.3) is 0 Å². The number of hydrogen-bond donors (Lipinski definition) is 8. The third-order valence-electron chi connectivity index (χ3n) is 5.98. The molecule has 4 unspecified atom stereocenters. The number of carbonyl (C=O) groups is 4. The molecule has 12 heteroatoms. The molecule has 8 N–H and O–H groups in total. The summed E-state index contributed by atoms with van der Waals surface area (Å²) >= 11 is 3.97. The molecule has 3 amide bonds. The van der Waals surface area contributed by atoms with Gasteiger partial charge in [0.15, 0.2) is 0 Å². The molecule has 0 fully saturated rings. The number of thiol groups is 1. The predicted molar refractivity (Wildman–Crippen MR) is 144 cm³/mol. The van der Waals surface area contributed by atoms with Crippen molar-refractivity contribution in [3.05, 3.63) is 71.9 Å². The zero-order chi connectivity index (χ0) is 27.7. The van der Waals surface area contributed by atoms with E-state index in [4.69, 9.17) is 5.73 Å². The molecule has 0 bridgehead atoms. The number of benzene rings is 2. The van der Waals surface area contributed by atoms with Crippen LogP contribution in [0, 0.1) is 0 Å². The Morgan fingerprint density at radius 2 is 1.45 bits per heavy atom. The third kappa shape index (κ3) is 7.57. The predicted octanol–water partition coefficient (Wildman–Crippen LogP) is -0.258. The molecule has 1 heterocycles. The van der Waals surface area contributed by atoms with E-state index in [-0.39, 0.29) is 18.6 Å². The highest BCUT2D eigenvalue weighted by Crippen LogP contribution is 2.19. The number of amides is 3. The lowest BCUT2D eigenvalue weighted by molar-refractivity contribution is -0.141. The van der Waals surface area contributed by atoms with E-state index in [1.165, 1.54) is 0 Å². The van der Waals surface area contributed by atoms with Crippen LogP contribution in [0.4, 0.5) is 0 Å². The second-order valence-electron chi connectivity index (χ2n) is 8.75. The highest BCUT2D eigenvalue weighted by molar-refractivity contribution is 7.80. The van der Waals surface area contributed by atoms with Crippen LogP contribution >= 0.6 is 12.6 Å². The summed E-state index contributed by atoms with van der Waals surface area (Å²) in [6.07, 6.45) is 1.93. The Morgan fingerprint density at radius 1 is 0.842 bits per heavy atom. The molecule has 3 rings (SSSR count). The minimum Gasteiger partial charge on any atom is -0.480 e. The van der Waals surface area contributed by atoms with Crippen LogP contribution in [0.15, 0.2) is 60.8 Å². The van der Waals surface area contributed by atoms with E-state index in [0.29, 0.717) is 5.56 Å². The number of hydrogen-bond acceptors (Lipinski definition) is 7. The summed E-state index contributed by atoms with van der Waals surface area (Å²) in [6.45, 7) is -0.745. The molecule has 1 aromatic heterocycles. The van der Waals surface area contributed by atoms with Crippen LogP contribution in [0.1, 0.15) is 11.1 Å². The normalized spacial score (nSPS) is 14.2. The standard InChI is InChI=1S/C26H31N5O6S/c27-18(10-15-6-2-1-3-7-15)23(33)30-21(13-32)25(35)29-20(24(34)31-22(14-38)26(36)37)11-16-12-28-19-9-5-4-8-17(16)19/h1-9,12,18,20-22,28,32,38H,10-11,13-14,27H2,(H,29,35)(H,30,33)(H,31,34)(H,36,37). The Hall–Kier alpha value is -3.87. The van der Waals surface area contributed by atoms with Crippen LogP contribution in [0.25, 0.3) is 10.9 Å². The quantitative estimate of drug-likeness (QED) is 0.137. The zero-order valence-corrected chi connectivity index (χ0v) is 21.4. The fourth-order valence-corrected chi connectivity index (χ4v) is 4.14. The minimum absolute atomic E-state index is 0.0140. The maximum Gasteiger partial charge on any atom is 0.327 e. The molecule has 202 valence electrons. The fourth-order valence-electron chi connectivity index (χ4n) is 3.89. The summed E-state index contributed by atoms with van der Waals surface area (Å²) in [4.78, 5) is 53.2. The molecule has 11 nitrogen and oxygen atoms in total. The molecule has 0 spiro atoms. The van der Waals surface area contributed by atoms with E-state index in [0.717, 1.165) is 16.5 Å². The summed E-state index contributed by atoms with van der Waals surface area (Å²) in [5.41, 5.74) is 8.34. The number of fused-ring (bicyclic) bond motifs is 1. The maximum atomic E-state index is 13.1. The molecule has 0 aliphatic rings. The smallest absolute Gasteiger partial charge is 0.327 e. The lowest BCUT2D eigenvalue weighted by Crippen LogP contribution is -2.58. The molecule has 0 saturated carbocycles. The lowest BCUT2D eigenvalue weighted by Gasteiger charge is -2.24. The topological polar surface area (TPSA) is 187 Å². The average molecular weight is 542 g/mol. The number of aromatic nitrogens is 1. The summed E-state index contributed by atoms with van der Waals surface area (Å²) in [5.74, 6) is -3.68. The number of carboxylic acids is 1. The van der Waals surface area contributed by atoms with Gasteiger partial charge in [-0.2, -0.15) is 12.6 Å². The van der Waals surface area contributed by atoms with E-state index in [1.807, 2.05) is 54.6 Å². The van der Waals surface area contributed by atoms with Crippen molar-refractivity contribution in [2.45, 2.75) is 37.0 Å². The first-order valence-corrected chi connectivity index (χ1v) is 12.6. The minimum atomic E-state index is -1.39. The van der Waals surface area contributed by atoms with Crippen LogP contribution < -0.4 is 21.7 Å². The number of carboxylic acid groups (broad SMARTS) is 1. The van der Waals surface area contributed by atoms with Gasteiger partial charge in [-0.25, -0.2) is 4.79 Å². The number of rotatable bonds is 13. The lowest BCUT2D eigenvalue weighted by atomic mass is 10.0. The van der Waals surface area contributed by atoms with E-state index < -0.39 is 54.5 Å². The number of aliphatic carboxylic acids is 1. The Morgan fingerprint density at radius 3 is 2.11 bits per heavy atom. The Balaban J connectivity index is 1.74.